The van der Waals surface area contributed by atoms with E-state index in [0.29, 0.717) is 6.04 Å². The Bertz CT molecular complexity index is 352. The van der Waals surface area contributed by atoms with Crippen LogP contribution in [0.15, 0.2) is 35.3 Å². The van der Waals surface area contributed by atoms with Gasteiger partial charge < -0.3 is 5.32 Å². The minimum Gasteiger partial charge on any atom is -0.310 e. The first-order valence-corrected chi connectivity index (χ1v) is 6.65. The first-order valence-electron chi connectivity index (χ1n) is 5.48. The average Bonchev–Trinajstić information content (AvgIpc) is 2.28. The maximum atomic E-state index is 6.22. The number of benzene rings is 1. The van der Waals surface area contributed by atoms with Crippen LogP contribution in [-0.4, -0.2) is 6.54 Å². The number of hydrogen-bond donors (Lipinski definition) is 1. The second-order valence-corrected chi connectivity index (χ2v) is 4.96. The molecule has 0 radical (unpaired) electrons. The molecule has 0 aliphatic rings. The minimum atomic E-state index is 0.299. The van der Waals surface area contributed by atoms with Gasteiger partial charge in [-0.05, 0) is 43.1 Å². The molecule has 0 aliphatic carbocycles. The van der Waals surface area contributed by atoms with Crippen molar-refractivity contribution in [3.63, 3.8) is 0 Å². The molecule has 0 saturated carbocycles. The van der Waals surface area contributed by atoms with Crippen molar-refractivity contribution in [1.29, 1.82) is 0 Å². The summed E-state index contributed by atoms with van der Waals surface area (Å²) in [5, 5.41) is 4.27. The molecule has 1 aromatic rings. The summed E-state index contributed by atoms with van der Waals surface area (Å²) in [5.41, 5.74) is 1.15. The van der Waals surface area contributed by atoms with E-state index >= 15 is 0 Å². The normalized spacial score (nSPS) is 12.4. The van der Waals surface area contributed by atoms with Gasteiger partial charge in [-0.15, -0.1) is 6.58 Å². The van der Waals surface area contributed by atoms with Gasteiger partial charge in [0.15, 0.2) is 0 Å². The maximum Gasteiger partial charge on any atom is 0.0454 e. The van der Waals surface area contributed by atoms with Crippen molar-refractivity contribution in [1.82, 2.24) is 5.32 Å². The third kappa shape index (κ3) is 3.93. The Balaban J connectivity index is 2.89. The molecule has 0 fully saturated rings. The summed E-state index contributed by atoms with van der Waals surface area (Å²) in [4.78, 5) is 0. The van der Waals surface area contributed by atoms with Crippen LogP contribution in [0.4, 0.5) is 0 Å². The lowest BCUT2D eigenvalue weighted by atomic mass is 10.0. The summed E-state index contributed by atoms with van der Waals surface area (Å²) >= 11 is 9.70. The SMILES string of the molecule is C=CCCC(NCC)c1cc(Br)ccc1Cl. The smallest absolute Gasteiger partial charge is 0.0454 e. The van der Waals surface area contributed by atoms with E-state index in [1.165, 1.54) is 0 Å². The van der Waals surface area contributed by atoms with Crippen LogP contribution in [-0.2, 0) is 0 Å². The van der Waals surface area contributed by atoms with Crippen LogP contribution in [0, 0.1) is 0 Å². The van der Waals surface area contributed by atoms with Crippen molar-refractivity contribution in [3.8, 4) is 0 Å². The number of allylic oxidation sites excluding steroid dienone is 1. The molecule has 16 heavy (non-hydrogen) atoms. The van der Waals surface area contributed by atoms with Gasteiger partial charge in [0.2, 0.25) is 0 Å². The largest absolute Gasteiger partial charge is 0.310 e. The Kier molecular flexibility index (Phi) is 6.10. The number of rotatable bonds is 6. The van der Waals surface area contributed by atoms with Crippen LogP contribution in [0.2, 0.25) is 5.02 Å². The highest BCUT2D eigenvalue weighted by Gasteiger charge is 2.13. The fourth-order valence-corrected chi connectivity index (χ4v) is 2.31. The maximum absolute atomic E-state index is 6.22. The van der Waals surface area contributed by atoms with Gasteiger partial charge in [0.1, 0.15) is 0 Å². The number of nitrogens with one attached hydrogen (secondary N) is 1. The quantitative estimate of drug-likeness (QED) is 0.750. The topological polar surface area (TPSA) is 12.0 Å². The van der Waals surface area contributed by atoms with E-state index < -0.39 is 0 Å². The third-order valence-electron chi connectivity index (χ3n) is 2.44. The molecule has 0 heterocycles. The lowest BCUT2D eigenvalue weighted by molar-refractivity contribution is 0.520. The molecule has 1 N–H and O–H groups in total. The van der Waals surface area contributed by atoms with E-state index in [2.05, 4.69) is 40.8 Å². The van der Waals surface area contributed by atoms with Gasteiger partial charge in [0.05, 0.1) is 0 Å². The first kappa shape index (κ1) is 13.8. The second-order valence-electron chi connectivity index (χ2n) is 3.64. The van der Waals surface area contributed by atoms with Crippen molar-refractivity contribution in [2.75, 3.05) is 6.54 Å². The van der Waals surface area contributed by atoms with E-state index in [4.69, 9.17) is 11.6 Å². The Labute approximate surface area is 111 Å². The molecule has 3 heteroatoms. The first-order chi connectivity index (χ1) is 7.69. The molecule has 0 bridgehead atoms. The fraction of sp³-hybridized carbons (Fsp3) is 0.385. The molecule has 1 atom stereocenters. The zero-order valence-corrected chi connectivity index (χ0v) is 11.8. The Morgan fingerprint density at radius 1 is 1.56 bits per heavy atom. The van der Waals surface area contributed by atoms with Crippen molar-refractivity contribution in [2.45, 2.75) is 25.8 Å². The lowest BCUT2D eigenvalue weighted by Gasteiger charge is -2.19. The van der Waals surface area contributed by atoms with Crippen molar-refractivity contribution >= 4 is 27.5 Å². The summed E-state index contributed by atoms with van der Waals surface area (Å²) in [6.45, 7) is 6.80. The summed E-state index contributed by atoms with van der Waals surface area (Å²) in [5.74, 6) is 0. The Morgan fingerprint density at radius 3 is 2.94 bits per heavy atom. The predicted octanol–water partition coefficient (Wildman–Crippen LogP) is 4.72. The van der Waals surface area contributed by atoms with Crippen LogP contribution >= 0.6 is 27.5 Å². The summed E-state index contributed by atoms with van der Waals surface area (Å²) in [7, 11) is 0. The van der Waals surface area contributed by atoms with E-state index in [1.54, 1.807) is 0 Å². The predicted molar refractivity (Wildman–Crippen MR) is 75.0 cm³/mol. The molecule has 0 amide bonds. The molecule has 0 saturated heterocycles. The molecule has 88 valence electrons. The van der Waals surface area contributed by atoms with Gasteiger partial charge in [-0.25, -0.2) is 0 Å². The molecule has 0 aromatic heterocycles. The van der Waals surface area contributed by atoms with E-state index in [0.717, 1.165) is 34.4 Å². The highest BCUT2D eigenvalue weighted by molar-refractivity contribution is 9.10. The zero-order valence-electron chi connectivity index (χ0n) is 9.47. The van der Waals surface area contributed by atoms with Crippen LogP contribution in [0.1, 0.15) is 31.4 Å². The molecule has 1 unspecified atom stereocenters. The summed E-state index contributed by atoms with van der Waals surface area (Å²) in [6, 6.07) is 6.27. The Hall–Kier alpha value is -0.310. The van der Waals surface area contributed by atoms with Crippen molar-refractivity contribution in [2.24, 2.45) is 0 Å². The second kappa shape index (κ2) is 7.10. The molecule has 1 aromatic carbocycles. The van der Waals surface area contributed by atoms with Gasteiger partial charge in [0, 0.05) is 15.5 Å². The van der Waals surface area contributed by atoms with Gasteiger partial charge >= 0.3 is 0 Å². The molecule has 0 spiro atoms. The van der Waals surface area contributed by atoms with E-state index in [9.17, 15) is 0 Å². The summed E-state index contributed by atoms with van der Waals surface area (Å²) in [6.07, 6.45) is 3.95. The minimum absolute atomic E-state index is 0.299. The van der Waals surface area contributed by atoms with Gasteiger partial charge in [-0.3, -0.25) is 0 Å². The monoisotopic (exact) mass is 301 g/mol. The molecule has 0 aliphatic heterocycles. The van der Waals surface area contributed by atoms with Crippen LogP contribution in [0.3, 0.4) is 0 Å². The van der Waals surface area contributed by atoms with Crippen LogP contribution in [0.25, 0.3) is 0 Å². The van der Waals surface area contributed by atoms with Crippen LogP contribution < -0.4 is 5.32 Å². The van der Waals surface area contributed by atoms with Gasteiger partial charge in [-0.1, -0.05) is 40.5 Å². The average molecular weight is 303 g/mol. The highest BCUT2D eigenvalue weighted by atomic mass is 79.9. The standard InChI is InChI=1S/C13H17BrClN/c1-3-5-6-13(16-4-2)11-9-10(14)7-8-12(11)15/h3,7-9,13,16H,1,4-6H2,2H3. The lowest BCUT2D eigenvalue weighted by Crippen LogP contribution is -2.21. The van der Waals surface area contributed by atoms with Crippen molar-refractivity contribution < 1.29 is 0 Å². The summed E-state index contributed by atoms with van der Waals surface area (Å²) < 4.78 is 1.06. The van der Waals surface area contributed by atoms with Gasteiger partial charge in [-0.2, -0.15) is 0 Å². The fourth-order valence-electron chi connectivity index (χ4n) is 1.68. The molecule has 1 rings (SSSR count). The van der Waals surface area contributed by atoms with E-state index in [-0.39, 0.29) is 0 Å². The van der Waals surface area contributed by atoms with E-state index in [1.807, 2.05) is 18.2 Å². The van der Waals surface area contributed by atoms with Crippen molar-refractivity contribution in [3.05, 3.63) is 45.9 Å². The molecule has 1 nitrogen and oxygen atoms in total. The molecular weight excluding hydrogens is 286 g/mol. The number of hydrogen-bond acceptors (Lipinski definition) is 1. The highest BCUT2D eigenvalue weighted by Crippen LogP contribution is 2.29. The van der Waals surface area contributed by atoms with Crippen LogP contribution in [0.5, 0.6) is 0 Å². The number of halogens is 2. The third-order valence-corrected chi connectivity index (χ3v) is 3.28. The molecular formula is C13H17BrClN. The zero-order chi connectivity index (χ0) is 12.0. The Morgan fingerprint density at radius 2 is 2.31 bits per heavy atom. The van der Waals surface area contributed by atoms with Gasteiger partial charge in [0.25, 0.3) is 0 Å².